The van der Waals surface area contributed by atoms with E-state index >= 15 is 0 Å². The number of H-pyrrole nitrogens is 1. The zero-order valence-electron chi connectivity index (χ0n) is 10.5. The highest BCUT2D eigenvalue weighted by atomic mass is 16.4. The standard InChI is InChI=1S/C15H14N2O2/c1-9-4-2-3-5-11(9)14(16)10-6-7-12-13(8-10)19-15(18)17-12/h2-8,14H,16H2,1H3,(H,17,18). The normalized spacial score (nSPS) is 12.7. The minimum absolute atomic E-state index is 0.231. The van der Waals surface area contributed by atoms with Gasteiger partial charge in [-0.05, 0) is 35.7 Å². The van der Waals surface area contributed by atoms with Gasteiger partial charge in [-0.15, -0.1) is 0 Å². The van der Waals surface area contributed by atoms with Gasteiger partial charge in [-0.3, -0.25) is 4.98 Å². The molecule has 19 heavy (non-hydrogen) atoms. The Kier molecular flexibility index (Phi) is 2.72. The molecule has 4 nitrogen and oxygen atoms in total. The number of nitrogens with one attached hydrogen (secondary N) is 1. The van der Waals surface area contributed by atoms with E-state index in [2.05, 4.69) is 4.98 Å². The van der Waals surface area contributed by atoms with Crippen LogP contribution in [0.5, 0.6) is 0 Å². The summed E-state index contributed by atoms with van der Waals surface area (Å²) in [5.74, 6) is -0.448. The van der Waals surface area contributed by atoms with Crippen LogP contribution in [0.25, 0.3) is 11.1 Å². The Balaban J connectivity index is 2.08. The van der Waals surface area contributed by atoms with Gasteiger partial charge in [0.25, 0.3) is 0 Å². The van der Waals surface area contributed by atoms with Gasteiger partial charge >= 0.3 is 5.76 Å². The average molecular weight is 254 g/mol. The molecule has 0 spiro atoms. The first kappa shape index (κ1) is 11.7. The monoisotopic (exact) mass is 254 g/mol. The van der Waals surface area contributed by atoms with E-state index < -0.39 is 5.76 Å². The fourth-order valence-corrected chi connectivity index (χ4v) is 2.27. The van der Waals surface area contributed by atoms with Crippen LogP contribution in [0.1, 0.15) is 22.7 Å². The Morgan fingerprint density at radius 2 is 2.00 bits per heavy atom. The first-order valence-electron chi connectivity index (χ1n) is 6.09. The number of aromatic nitrogens is 1. The quantitative estimate of drug-likeness (QED) is 0.738. The van der Waals surface area contributed by atoms with Crippen molar-refractivity contribution in [1.82, 2.24) is 4.98 Å². The summed E-state index contributed by atoms with van der Waals surface area (Å²) in [4.78, 5) is 13.8. The first-order chi connectivity index (χ1) is 9.15. The Morgan fingerprint density at radius 3 is 2.79 bits per heavy atom. The number of rotatable bonds is 2. The van der Waals surface area contributed by atoms with Crippen LogP contribution in [0, 0.1) is 6.92 Å². The molecule has 1 atom stereocenters. The lowest BCUT2D eigenvalue weighted by molar-refractivity contribution is 0.555. The van der Waals surface area contributed by atoms with Crippen LogP contribution in [0.4, 0.5) is 0 Å². The number of oxazole rings is 1. The fraction of sp³-hybridized carbons (Fsp3) is 0.133. The number of hydrogen-bond donors (Lipinski definition) is 2. The summed E-state index contributed by atoms with van der Waals surface area (Å²) in [6.07, 6.45) is 0. The van der Waals surface area contributed by atoms with Gasteiger partial charge in [0.2, 0.25) is 0 Å². The summed E-state index contributed by atoms with van der Waals surface area (Å²) in [7, 11) is 0. The second kappa shape index (κ2) is 4.40. The van der Waals surface area contributed by atoms with Gasteiger partial charge in [-0.1, -0.05) is 30.3 Å². The number of hydrogen-bond acceptors (Lipinski definition) is 3. The molecule has 1 aromatic heterocycles. The minimum Gasteiger partial charge on any atom is -0.408 e. The third kappa shape index (κ3) is 2.06. The maximum atomic E-state index is 11.1. The van der Waals surface area contributed by atoms with Gasteiger partial charge in [-0.25, -0.2) is 4.79 Å². The molecule has 0 aliphatic carbocycles. The van der Waals surface area contributed by atoms with E-state index in [1.54, 1.807) is 0 Å². The fourth-order valence-electron chi connectivity index (χ4n) is 2.27. The largest absolute Gasteiger partial charge is 0.417 e. The molecule has 4 heteroatoms. The van der Waals surface area contributed by atoms with Gasteiger partial charge in [0.15, 0.2) is 5.58 Å². The Labute approximate surface area is 109 Å². The van der Waals surface area contributed by atoms with Crippen molar-refractivity contribution in [3.05, 3.63) is 69.7 Å². The summed E-state index contributed by atoms with van der Waals surface area (Å²) in [5, 5.41) is 0. The maximum Gasteiger partial charge on any atom is 0.417 e. The molecule has 1 heterocycles. The lowest BCUT2D eigenvalue weighted by atomic mass is 9.96. The summed E-state index contributed by atoms with van der Waals surface area (Å²) in [6, 6.07) is 13.3. The van der Waals surface area contributed by atoms with Crippen LogP contribution in [0.15, 0.2) is 51.7 Å². The minimum atomic E-state index is -0.448. The molecule has 2 aromatic carbocycles. The lowest BCUT2D eigenvalue weighted by Gasteiger charge is -2.14. The number of aromatic amines is 1. The van der Waals surface area contributed by atoms with Crippen molar-refractivity contribution in [3.8, 4) is 0 Å². The van der Waals surface area contributed by atoms with Gasteiger partial charge < -0.3 is 10.2 Å². The van der Waals surface area contributed by atoms with Crippen LogP contribution < -0.4 is 11.5 Å². The van der Waals surface area contributed by atoms with E-state index in [0.717, 1.165) is 16.7 Å². The molecule has 3 aromatic rings. The van der Waals surface area contributed by atoms with Gasteiger partial charge in [0.05, 0.1) is 11.6 Å². The Hall–Kier alpha value is -2.33. The predicted molar refractivity (Wildman–Crippen MR) is 74.0 cm³/mol. The van der Waals surface area contributed by atoms with E-state index in [9.17, 15) is 4.79 Å². The topological polar surface area (TPSA) is 72.0 Å². The van der Waals surface area contributed by atoms with E-state index in [-0.39, 0.29) is 6.04 Å². The van der Waals surface area contributed by atoms with Crippen LogP contribution >= 0.6 is 0 Å². The molecule has 3 N–H and O–H groups in total. The highest BCUT2D eigenvalue weighted by Crippen LogP contribution is 2.24. The molecule has 0 saturated heterocycles. The van der Waals surface area contributed by atoms with Crippen molar-refractivity contribution in [3.63, 3.8) is 0 Å². The second-order valence-corrected chi connectivity index (χ2v) is 4.60. The lowest BCUT2D eigenvalue weighted by Crippen LogP contribution is -2.12. The van der Waals surface area contributed by atoms with Crippen molar-refractivity contribution < 1.29 is 4.42 Å². The van der Waals surface area contributed by atoms with Crippen LogP contribution in [0.2, 0.25) is 0 Å². The van der Waals surface area contributed by atoms with Crippen LogP contribution in [-0.2, 0) is 0 Å². The van der Waals surface area contributed by atoms with E-state index in [0.29, 0.717) is 11.1 Å². The zero-order chi connectivity index (χ0) is 13.4. The number of nitrogens with two attached hydrogens (primary N) is 1. The van der Waals surface area contributed by atoms with Crippen molar-refractivity contribution in [1.29, 1.82) is 0 Å². The van der Waals surface area contributed by atoms with Gasteiger partial charge in [0, 0.05) is 0 Å². The molecule has 0 amide bonds. The molecule has 0 radical (unpaired) electrons. The second-order valence-electron chi connectivity index (χ2n) is 4.60. The average Bonchev–Trinajstić information content (AvgIpc) is 2.77. The Bertz CT molecular complexity index is 786. The number of benzene rings is 2. The molecular weight excluding hydrogens is 240 g/mol. The summed E-state index contributed by atoms with van der Waals surface area (Å²) in [5.41, 5.74) is 10.6. The predicted octanol–water partition coefficient (Wildman–Crippen LogP) is 2.48. The summed E-state index contributed by atoms with van der Waals surface area (Å²) in [6.45, 7) is 2.03. The van der Waals surface area contributed by atoms with E-state index in [1.165, 1.54) is 0 Å². The van der Waals surface area contributed by atoms with Crippen LogP contribution in [-0.4, -0.2) is 4.98 Å². The zero-order valence-corrected chi connectivity index (χ0v) is 10.5. The van der Waals surface area contributed by atoms with Crippen molar-refractivity contribution >= 4 is 11.1 Å². The Morgan fingerprint density at radius 1 is 1.21 bits per heavy atom. The third-order valence-electron chi connectivity index (χ3n) is 3.33. The molecule has 0 bridgehead atoms. The summed E-state index contributed by atoms with van der Waals surface area (Å²) >= 11 is 0. The third-order valence-corrected chi connectivity index (χ3v) is 3.33. The number of fused-ring (bicyclic) bond motifs is 1. The molecule has 0 aliphatic rings. The van der Waals surface area contributed by atoms with Gasteiger partial charge in [-0.2, -0.15) is 0 Å². The van der Waals surface area contributed by atoms with Crippen molar-refractivity contribution in [2.45, 2.75) is 13.0 Å². The summed E-state index contributed by atoms with van der Waals surface area (Å²) < 4.78 is 5.06. The molecular formula is C15H14N2O2. The van der Waals surface area contributed by atoms with Gasteiger partial charge in [0.1, 0.15) is 0 Å². The van der Waals surface area contributed by atoms with Crippen molar-refractivity contribution in [2.75, 3.05) is 0 Å². The molecule has 0 aliphatic heterocycles. The smallest absolute Gasteiger partial charge is 0.408 e. The highest BCUT2D eigenvalue weighted by molar-refractivity contribution is 5.73. The molecule has 0 fully saturated rings. The van der Waals surface area contributed by atoms with E-state index in [4.69, 9.17) is 10.2 Å². The molecule has 1 unspecified atom stereocenters. The first-order valence-corrected chi connectivity index (χ1v) is 6.09. The number of aryl methyl sites for hydroxylation is 1. The molecule has 96 valence electrons. The SMILES string of the molecule is Cc1ccccc1C(N)c1ccc2[nH]c(=O)oc2c1. The van der Waals surface area contributed by atoms with E-state index in [1.807, 2.05) is 49.4 Å². The maximum absolute atomic E-state index is 11.1. The molecule has 3 rings (SSSR count). The van der Waals surface area contributed by atoms with Crippen molar-refractivity contribution in [2.24, 2.45) is 5.73 Å². The highest BCUT2D eigenvalue weighted by Gasteiger charge is 2.12. The van der Waals surface area contributed by atoms with Crippen LogP contribution in [0.3, 0.4) is 0 Å². The molecule has 0 saturated carbocycles.